The molecule has 2 aromatic carbocycles. The number of benzene rings is 2. The number of rotatable bonds is 3. The van der Waals surface area contributed by atoms with Crippen molar-refractivity contribution in [3.05, 3.63) is 51.5 Å². The van der Waals surface area contributed by atoms with E-state index in [0.29, 0.717) is 10.2 Å². The summed E-state index contributed by atoms with van der Waals surface area (Å²) in [5.74, 6) is 0.512. The lowest BCUT2D eigenvalue weighted by Gasteiger charge is -2.06. The Morgan fingerprint density at radius 1 is 1.20 bits per heavy atom. The largest absolute Gasteiger partial charge is 0.503 e. The van der Waals surface area contributed by atoms with E-state index >= 15 is 0 Å². The molecule has 2 aromatic rings. The average Bonchev–Trinajstić information content (AvgIpc) is 2.43. The lowest BCUT2D eigenvalue weighted by Crippen LogP contribution is -1.89. The molecule has 0 aliphatic rings. The number of aryl methyl sites for hydroxylation is 2. The second-order valence-corrected chi connectivity index (χ2v) is 5.46. The fraction of sp³-hybridized carbons (Fsp3) is 0.188. The molecule has 4 heteroatoms. The van der Waals surface area contributed by atoms with Crippen molar-refractivity contribution in [2.24, 2.45) is 4.99 Å². The molecule has 0 heterocycles. The highest BCUT2D eigenvalue weighted by Crippen LogP contribution is 2.34. The second-order valence-electron chi connectivity index (χ2n) is 4.60. The molecular formula is C16H16BrNO2. The fourth-order valence-corrected chi connectivity index (χ4v) is 2.29. The number of methoxy groups -OCH3 is 1. The molecule has 3 nitrogen and oxygen atoms in total. The van der Waals surface area contributed by atoms with E-state index in [9.17, 15) is 5.11 Å². The van der Waals surface area contributed by atoms with E-state index in [-0.39, 0.29) is 5.75 Å². The number of hydrogen-bond acceptors (Lipinski definition) is 3. The molecule has 0 aliphatic carbocycles. The minimum absolute atomic E-state index is 0.0939. The molecule has 0 bridgehead atoms. The molecule has 0 saturated heterocycles. The van der Waals surface area contributed by atoms with Crippen LogP contribution in [0.2, 0.25) is 0 Å². The van der Waals surface area contributed by atoms with Gasteiger partial charge in [-0.3, -0.25) is 4.99 Å². The molecule has 0 fully saturated rings. The van der Waals surface area contributed by atoms with Crippen molar-refractivity contribution in [3.63, 3.8) is 0 Å². The van der Waals surface area contributed by atoms with E-state index in [1.807, 2.05) is 19.9 Å². The summed E-state index contributed by atoms with van der Waals surface area (Å²) in [6.45, 7) is 4.07. The van der Waals surface area contributed by atoms with Crippen LogP contribution in [0.3, 0.4) is 0 Å². The van der Waals surface area contributed by atoms with Crippen molar-refractivity contribution in [2.45, 2.75) is 13.8 Å². The summed E-state index contributed by atoms with van der Waals surface area (Å²) in [6, 6.07) is 9.70. The van der Waals surface area contributed by atoms with Crippen LogP contribution in [0, 0.1) is 13.8 Å². The Kier molecular flexibility index (Phi) is 4.45. The maximum atomic E-state index is 9.77. The Bertz CT molecular complexity index is 666. The van der Waals surface area contributed by atoms with Crippen molar-refractivity contribution < 1.29 is 9.84 Å². The van der Waals surface area contributed by atoms with Gasteiger partial charge >= 0.3 is 0 Å². The summed E-state index contributed by atoms with van der Waals surface area (Å²) in [7, 11) is 1.52. The maximum absolute atomic E-state index is 9.77. The number of aliphatic imine (C=N–C) groups is 1. The van der Waals surface area contributed by atoms with Crippen molar-refractivity contribution >= 4 is 27.8 Å². The zero-order valence-corrected chi connectivity index (χ0v) is 13.2. The molecule has 0 amide bonds. The van der Waals surface area contributed by atoms with Crippen LogP contribution in [-0.2, 0) is 0 Å². The number of phenolic OH excluding ortho intramolecular Hbond substituents is 1. The zero-order chi connectivity index (χ0) is 14.7. The van der Waals surface area contributed by atoms with Gasteiger partial charge in [-0.25, -0.2) is 0 Å². The van der Waals surface area contributed by atoms with Gasteiger partial charge in [0.1, 0.15) is 0 Å². The molecule has 0 aromatic heterocycles. The first-order valence-corrected chi connectivity index (χ1v) is 6.98. The summed E-state index contributed by atoms with van der Waals surface area (Å²) >= 11 is 3.30. The van der Waals surface area contributed by atoms with Crippen LogP contribution in [0.15, 0.2) is 39.8 Å². The highest BCUT2D eigenvalue weighted by Gasteiger charge is 2.07. The Morgan fingerprint density at radius 3 is 2.65 bits per heavy atom. The molecule has 0 atom stereocenters. The standard InChI is InChI=1S/C16H16BrNO2/c1-10-4-5-11(2)14(6-10)18-9-12-7-13(17)16(19)15(8-12)20-3/h4-9,19H,1-3H3. The van der Waals surface area contributed by atoms with Crippen molar-refractivity contribution in [1.82, 2.24) is 0 Å². The van der Waals surface area contributed by atoms with E-state index in [0.717, 1.165) is 16.8 Å². The number of phenols is 1. The number of ether oxygens (including phenoxy) is 1. The quantitative estimate of drug-likeness (QED) is 0.838. The molecule has 2 rings (SSSR count). The minimum Gasteiger partial charge on any atom is -0.503 e. The molecule has 104 valence electrons. The number of nitrogens with zero attached hydrogens (tertiary/aromatic N) is 1. The maximum Gasteiger partial charge on any atom is 0.172 e. The predicted molar refractivity (Wildman–Crippen MR) is 85.5 cm³/mol. The highest BCUT2D eigenvalue weighted by molar-refractivity contribution is 9.10. The van der Waals surface area contributed by atoms with Gasteiger partial charge in [-0.05, 0) is 64.7 Å². The van der Waals surface area contributed by atoms with E-state index in [1.54, 1.807) is 18.3 Å². The molecule has 0 aliphatic heterocycles. The third-order valence-electron chi connectivity index (χ3n) is 2.99. The summed E-state index contributed by atoms with van der Waals surface area (Å²) < 4.78 is 5.70. The fourth-order valence-electron chi connectivity index (χ4n) is 1.83. The van der Waals surface area contributed by atoms with Crippen molar-refractivity contribution in [1.29, 1.82) is 0 Å². The Balaban J connectivity index is 2.36. The minimum atomic E-state index is 0.0939. The smallest absolute Gasteiger partial charge is 0.172 e. The topological polar surface area (TPSA) is 41.8 Å². The number of halogens is 1. The van der Waals surface area contributed by atoms with Gasteiger partial charge in [0, 0.05) is 6.21 Å². The summed E-state index contributed by atoms with van der Waals surface area (Å²) in [5, 5.41) is 9.77. The van der Waals surface area contributed by atoms with E-state index in [4.69, 9.17) is 4.74 Å². The van der Waals surface area contributed by atoms with Crippen LogP contribution in [0.4, 0.5) is 5.69 Å². The Morgan fingerprint density at radius 2 is 1.95 bits per heavy atom. The van der Waals surface area contributed by atoms with Gasteiger partial charge in [0.25, 0.3) is 0 Å². The van der Waals surface area contributed by atoms with Gasteiger partial charge in [-0.2, -0.15) is 0 Å². The first kappa shape index (κ1) is 14.6. The van der Waals surface area contributed by atoms with E-state index in [2.05, 4.69) is 33.1 Å². The molecule has 0 saturated carbocycles. The third kappa shape index (κ3) is 3.20. The van der Waals surface area contributed by atoms with Crippen LogP contribution >= 0.6 is 15.9 Å². The lowest BCUT2D eigenvalue weighted by atomic mass is 10.1. The van der Waals surface area contributed by atoms with Crippen LogP contribution in [0.5, 0.6) is 11.5 Å². The molecule has 20 heavy (non-hydrogen) atoms. The Hall–Kier alpha value is -1.81. The van der Waals surface area contributed by atoms with Crippen molar-refractivity contribution in [2.75, 3.05) is 7.11 Å². The van der Waals surface area contributed by atoms with Gasteiger partial charge in [0.05, 0.1) is 17.3 Å². The predicted octanol–water partition coefficient (Wildman–Crippen LogP) is 4.53. The van der Waals surface area contributed by atoms with Crippen LogP contribution < -0.4 is 4.74 Å². The molecule has 0 spiro atoms. The second kappa shape index (κ2) is 6.09. The number of aromatic hydroxyl groups is 1. The van der Waals surface area contributed by atoms with Crippen LogP contribution in [-0.4, -0.2) is 18.4 Å². The SMILES string of the molecule is COc1cc(C=Nc2cc(C)ccc2C)cc(Br)c1O. The third-order valence-corrected chi connectivity index (χ3v) is 3.59. The van der Waals surface area contributed by atoms with Crippen LogP contribution in [0.25, 0.3) is 0 Å². The first-order valence-electron chi connectivity index (χ1n) is 6.19. The lowest BCUT2D eigenvalue weighted by molar-refractivity contribution is 0.372. The molecule has 0 unspecified atom stereocenters. The number of hydrogen-bond donors (Lipinski definition) is 1. The van der Waals surface area contributed by atoms with E-state index < -0.39 is 0 Å². The zero-order valence-electron chi connectivity index (χ0n) is 11.6. The van der Waals surface area contributed by atoms with E-state index in [1.165, 1.54) is 12.7 Å². The van der Waals surface area contributed by atoms with Crippen molar-refractivity contribution in [3.8, 4) is 11.5 Å². The monoisotopic (exact) mass is 333 g/mol. The average molecular weight is 334 g/mol. The van der Waals surface area contributed by atoms with Gasteiger partial charge < -0.3 is 9.84 Å². The summed E-state index contributed by atoms with van der Waals surface area (Å²) in [5.41, 5.74) is 4.09. The first-order chi connectivity index (χ1) is 9.51. The highest BCUT2D eigenvalue weighted by atomic mass is 79.9. The summed E-state index contributed by atoms with van der Waals surface area (Å²) in [6.07, 6.45) is 1.76. The summed E-state index contributed by atoms with van der Waals surface area (Å²) in [4.78, 5) is 4.50. The van der Waals surface area contributed by atoms with Gasteiger partial charge in [0.2, 0.25) is 0 Å². The van der Waals surface area contributed by atoms with Gasteiger partial charge in [0.15, 0.2) is 11.5 Å². The molecular weight excluding hydrogens is 318 g/mol. The molecule has 0 radical (unpaired) electrons. The normalized spacial score (nSPS) is 11.0. The van der Waals surface area contributed by atoms with Gasteiger partial charge in [-0.15, -0.1) is 0 Å². The Labute approximate surface area is 127 Å². The van der Waals surface area contributed by atoms with Crippen LogP contribution in [0.1, 0.15) is 16.7 Å². The van der Waals surface area contributed by atoms with Gasteiger partial charge in [-0.1, -0.05) is 12.1 Å². The molecule has 1 N–H and O–H groups in total.